The van der Waals surface area contributed by atoms with Crippen molar-refractivity contribution in [2.75, 3.05) is 40.4 Å². The lowest BCUT2D eigenvalue weighted by Gasteiger charge is -2.29. The van der Waals surface area contributed by atoms with E-state index in [1.807, 2.05) is 13.0 Å². The molecule has 1 unspecified atom stereocenters. The Hall–Kier alpha value is -1.26. The van der Waals surface area contributed by atoms with Gasteiger partial charge in [0.15, 0.2) is 11.5 Å². The minimum Gasteiger partial charge on any atom is -0.493 e. The molecule has 21 heavy (non-hydrogen) atoms. The molecule has 4 heteroatoms. The van der Waals surface area contributed by atoms with Crippen LogP contribution in [0.4, 0.5) is 0 Å². The van der Waals surface area contributed by atoms with Crippen LogP contribution in [0.1, 0.15) is 25.3 Å². The molecule has 1 saturated heterocycles. The van der Waals surface area contributed by atoms with E-state index in [2.05, 4.69) is 29.4 Å². The van der Waals surface area contributed by atoms with E-state index in [9.17, 15) is 0 Å². The summed E-state index contributed by atoms with van der Waals surface area (Å²) in [4.78, 5) is 2.43. The number of hydrogen-bond donors (Lipinski definition) is 1. The van der Waals surface area contributed by atoms with E-state index >= 15 is 0 Å². The van der Waals surface area contributed by atoms with Gasteiger partial charge in [-0.25, -0.2) is 0 Å². The van der Waals surface area contributed by atoms with E-state index in [4.69, 9.17) is 9.47 Å². The first-order valence-electron chi connectivity index (χ1n) is 7.92. The van der Waals surface area contributed by atoms with Gasteiger partial charge in [-0.2, -0.15) is 0 Å². The Morgan fingerprint density at radius 2 is 2.19 bits per heavy atom. The summed E-state index contributed by atoms with van der Waals surface area (Å²) < 4.78 is 10.9. The lowest BCUT2D eigenvalue weighted by Crippen LogP contribution is -2.37. The molecular weight excluding hydrogens is 264 g/mol. The summed E-state index contributed by atoms with van der Waals surface area (Å²) in [6.45, 7) is 7.05. The fraction of sp³-hybridized carbons (Fsp3) is 0.647. The van der Waals surface area contributed by atoms with Gasteiger partial charge in [0.25, 0.3) is 0 Å². The lowest BCUT2D eigenvalue weighted by molar-refractivity contribution is 0.206. The largest absolute Gasteiger partial charge is 0.493 e. The second-order valence-corrected chi connectivity index (χ2v) is 5.82. The van der Waals surface area contributed by atoms with Crippen LogP contribution in [0.15, 0.2) is 18.2 Å². The predicted octanol–water partition coefficient (Wildman–Crippen LogP) is 2.53. The quantitative estimate of drug-likeness (QED) is 0.837. The molecule has 1 fully saturated rings. The monoisotopic (exact) mass is 292 g/mol. The minimum atomic E-state index is 0.656. The number of methoxy groups -OCH3 is 1. The van der Waals surface area contributed by atoms with Gasteiger partial charge < -0.3 is 19.7 Å². The number of piperidine rings is 1. The van der Waals surface area contributed by atoms with Gasteiger partial charge in [-0.15, -0.1) is 0 Å². The Balaban J connectivity index is 1.82. The van der Waals surface area contributed by atoms with Gasteiger partial charge in [0, 0.05) is 13.1 Å². The SMILES string of the molecule is CCOc1ccc(CNCC2CCCN(C)C2)cc1OC. The van der Waals surface area contributed by atoms with Crippen LogP contribution >= 0.6 is 0 Å². The second kappa shape index (κ2) is 8.25. The third-order valence-corrected chi connectivity index (χ3v) is 4.01. The zero-order chi connectivity index (χ0) is 15.1. The Morgan fingerprint density at radius 1 is 1.33 bits per heavy atom. The van der Waals surface area contributed by atoms with Crippen molar-refractivity contribution in [1.82, 2.24) is 10.2 Å². The number of hydrogen-bond acceptors (Lipinski definition) is 4. The summed E-state index contributed by atoms with van der Waals surface area (Å²) in [6.07, 6.45) is 2.66. The van der Waals surface area contributed by atoms with Gasteiger partial charge in [-0.05, 0) is 63.5 Å². The van der Waals surface area contributed by atoms with Crippen LogP contribution in [-0.4, -0.2) is 45.3 Å². The minimum absolute atomic E-state index is 0.656. The molecule has 0 saturated carbocycles. The van der Waals surface area contributed by atoms with Gasteiger partial charge >= 0.3 is 0 Å². The first-order valence-corrected chi connectivity index (χ1v) is 7.92. The molecule has 1 aliphatic heterocycles. The van der Waals surface area contributed by atoms with Gasteiger partial charge in [-0.3, -0.25) is 0 Å². The molecule has 1 N–H and O–H groups in total. The summed E-state index contributed by atoms with van der Waals surface area (Å²) in [5, 5.41) is 3.57. The van der Waals surface area contributed by atoms with Crippen molar-refractivity contribution in [3.05, 3.63) is 23.8 Å². The lowest BCUT2D eigenvalue weighted by atomic mass is 9.98. The highest BCUT2D eigenvalue weighted by Crippen LogP contribution is 2.28. The summed E-state index contributed by atoms with van der Waals surface area (Å²) in [6, 6.07) is 6.16. The third-order valence-electron chi connectivity index (χ3n) is 4.01. The normalized spacial score (nSPS) is 19.5. The smallest absolute Gasteiger partial charge is 0.161 e. The van der Waals surface area contributed by atoms with Crippen LogP contribution < -0.4 is 14.8 Å². The zero-order valence-electron chi connectivity index (χ0n) is 13.5. The standard InChI is InChI=1S/C17H28N2O2/c1-4-21-16-8-7-14(10-17(16)20-3)11-18-12-15-6-5-9-19(2)13-15/h7-8,10,15,18H,4-6,9,11-13H2,1-3H3. The summed E-state index contributed by atoms with van der Waals surface area (Å²) >= 11 is 0. The first-order chi connectivity index (χ1) is 10.2. The average Bonchev–Trinajstić information content (AvgIpc) is 2.49. The number of likely N-dealkylation sites (tertiary alicyclic amines) is 1. The van der Waals surface area contributed by atoms with Gasteiger partial charge in [0.1, 0.15) is 0 Å². The van der Waals surface area contributed by atoms with Gasteiger partial charge in [-0.1, -0.05) is 6.07 Å². The summed E-state index contributed by atoms with van der Waals surface area (Å²) in [5.74, 6) is 2.40. The Kier molecular flexibility index (Phi) is 6.33. The van der Waals surface area contributed by atoms with Crippen molar-refractivity contribution in [3.8, 4) is 11.5 Å². The molecule has 0 aromatic heterocycles. The molecule has 0 spiro atoms. The maximum absolute atomic E-state index is 5.54. The number of rotatable bonds is 7. The second-order valence-electron chi connectivity index (χ2n) is 5.82. The van der Waals surface area contributed by atoms with Crippen molar-refractivity contribution in [2.24, 2.45) is 5.92 Å². The number of nitrogens with one attached hydrogen (secondary N) is 1. The molecule has 1 aromatic rings. The average molecular weight is 292 g/mol. The maximum atomic E-state index is 5.54. The molecule has 0 aliphatic carbocycles. The molecule has 0 bridgehead atoms. The summed E-state index contributed by atoms with van der Waals surface area (Å²) in [7, 11) is 3.90. The topological polar surface area (TPSA) is 33.7 Å². The summed E-state index contributed by atoms with van der Waals surface area (Å²) in [5.41, 5.74) is 1.24. The molecule has 1 heterocycles. The van der Waals surface area contributed by atoms with Crippen LogP contribution in [0.25, 0.3) is 0 Å². The highest BCUT2D eigenvalue weighted by atomic mass is 16.5. The van der Waals surface area contributed by atoms with Gasteiger partial charge in [0.05, 0.1) is 13.7 Å². The van der Waals surface area contributed by atoms with Crippen molar-refractivity contribution in [2.45, 2.75) is 26.3 Å². The van der Waals surface area contributed by atoms with Crippen LogP contribution in [0.5, 0.6) is 11.5 Å². The van der Waals surface area contributed by atoms with E-state index in [0.29, 0.717) is 6.61 Å². The van der Waals surface area contributed by atoms with Crippen molar-refractivity contribution in [3.63, 3.8) is 0 Å². The highest BCUT2D eigenvalue weighted by Gasteiger charge is 2.16. The van der Waals surface area contributed by atoms with Gasteiger partial charge in [0.2, 0.25) is 0 Å². The van der Waals surface area contributed by atoms with Crippen molar-refractivity contribution >= 4 is 0 Å². The molecule has 2 rings (SSSR count). The highest BCUT2D eigenvalue weighted by molar-refractivity contribution is 5.42. The predicted molar refractivity (Wildman–Crippen MR) is 86.1 cm³/mol. The van der Waals surface area contributed by atoms with E-state index in [1.54, 1.807) is 7.11 Å². The van der Waals surface area contributed by atoms with E-state index in [1.165, 1.54) is 31.5 Å². The van der Waals surface area contributed by atoms with Crippen LogP contribution in [0.3, 0.4) is 0 Å². The van der Waals surface area contributed by atoms with Crippen LogP contribution in [0, 0.1) is 5.92 Å². The molecule has 1 atom stereocenters. The maximum Gasteiger partial charge on any atom is 0.161 e. The molecule has 1 aromatic carbocycles. The Morgan fingerprint density at radius 3 is 2.90 bits per heavy atom. The number of nitrogens with zero attached hydrogens (tertiary/aromatic N) is 1. The van der Waals surface area contributed by atoms with Crippen LogP contribution in [0.2, 0.25) is 0 Å². The van der Waals surface area contributed by atoms with E-state index in [0.717, 1.165) is 30.5 Å². The fourth-order valence-electron chi connectivity index (χ4n) is 2.96. The van der Waals surface area contributed by atoms with Crippen molar-refractivity contribution in [1.29, 1.82) is 0 Å². The zero-order valence-corrected chi connectivity index (χ0v) is 13.5. The van der Waals surface area contributed by atoms with E-state index < -0.39 is 0 Å². The number of benzene rings is 1. The molecule has 0 amide bonds. The molecule has 4 nitrogen and oxygen atoms in total. The van der Waals surface area contributed by atoms with Crippen LogP contribution in [-0.2, 0) is 6.54 Å². The fourth-order valence-corrected chi connectivity index (χ4v) is 2.96. The Labute approximate surface area is 128 Å². The Bertz CT molecular complexity index is 437. The molecule has 118 valence electrons. The first kappa shape index (κ1) is 16.1. The molecule has 0 radical (unpaired) electrons. The van der Waals surface area contributed by atoms with E-state index in [-0.39, 0.29) is 0 Å². The van der Waals surface area contributed by atoms with Crippen molar-refractivity contribution < 1.29 is 9.47 Å². The third kappa shape index (κ3) is 4.90. The molecule has 1 aliphatic rings. The molecular formula is C17H28N2O2. The number of ether oxygens (including phenoxy) is 2.